The van der Waals surface area contributed by atoms with Crippen LogP contribution in [0.3, 0.4) is 0 Å². The molecule has 5 nitrogen and oxygen atoms in total. The highest BCUT2D eigenvalue weighted by Crippen LogP contribution is 2.09. The number of ether oxygens (including phenoxy) is 1. The number of carbonyl (C=O) groups excluding carboxylic acids is 1. The number of aryl methyl sites for hydroxylation is 1. The van der Waals surface area contributed by atoms with Crippen LogP contribution in [-0.4, -0.2) is 48.2 Å². The van der Waals surface area contributed by atoms with Crippen molar-refractivity contribution in [2.24, 2.45) is 0 Å². The van der Waals surface area contributed by atoms with Gasteiger partial charge in [-0.2, -0.15) is 0 Å². The first-order valence-electron chi connectivity index (χ1n) is 7.20. The lowest BCUT2D eigenvalue weighted by Crippen LogP contribution is -2.34. The standard InChI is InChI=1S/C16H23NO4/c1-3-21-11-5-9-17(10-8-15(18)19)16(20)14-7-4-6-13(2)12-14/h4,6-7,12H,3,5,8-11H2,1-2H3,(H,18,19). The molecule has 0 aliphatic carbocycles. The number of hydrogen-bond acceptors (Lipinski definition) is 3. The average molecular weight is 293 g/mol. The lowest BCUT2D eigenvalue weighted by molar-refractivity contribution is -0.137. The monoisotopic (exact) mass is 293 g/mol. The van der Waals surface area contributed by atoms with Crippen molar-refractivity contribution < 1.29 is 19.4 Å². The minimum absolute atomic E-state index is 0.0494. The number of benzene rings is 1. The Balaban J connectivity index is 2.69. The fourth-order valence-electron chi connectivity index (χ4n) is 2.01. The van der Waals surface area contributed by atoms with Gasteiger partial charge in [0.1, 0.15) is 0 Å². The summed E-state index contributed by atoms with van der Waals surface area (Å²) in [4.78, 5) is 24.8. The summed E-state index contributed by atoms with van der Waals surface area (Å²) in [6.07, 6.45) is 0.650. The van der Waals surface area contributed by atoms with Gasteiger partial charge >= 0.3 is 5.97 Å². The molecule has 0 heterocycles. The second-order valence-corrected chi connectivity index (χ2v) is 4.86. The van der Waals surface area contributed by atoms with E-state index in [9.17, 15) is 9.59 Å². The van der Waals surface area contributed by atoms with Gasteiger partial charge in [0.2, 0.25) is 0 Å². The summed E-state index contributed by atoms with van der Waals surface area (Å²) in [6.45, 7) is 5.77. The maximum Gasteiger partial charge on any atom is 0.305 e. The van der Waals surface area contributed by atoms with Crippen LogP contribution in [0.5, 0.6) is 0 Å². The van der Waals surface area contributed by atoms with Crippen LogP contribution >= 0.6 is 0 Å². The van der Waals surface area contributed by atoms with Crippen LogP contribution in [0.25, 0.3) is 0 Å². The van der Waals surface area contributed by atoms with Crippen molar-refractivity contribution in [3.63, 3.8) is 0 Å². The minimum Gasteiger partial charge on any atom is -0.481 e. The van der Waals surface area contributed by atoms with E-state index in [-0.39, 0.29) is 18.9 Å². The molecule has 0 saturated heterocycles. The first-order chi connectivity index (χ1) is 10.0. The molecule has 0 radical (unpaired) electrons. The highest BCUT2D eigenvalue weighted by atomic mass is 16.5. The molecule has 0 spiro atoms. The first-order valence-corrected chi connectivity index (χ1v) is 7.20. The van der Waals surface area contributed by atoms with E-state index < -0.39 is 5.97 Å². The third-order valence-electron chi connectivity index (χ3n) is 3.07. The van der Waals surface area contributed by atoms with Crippen LogP contribution < -0.4 is 0 Å². The molecule has 0 fully saturated rings. The van der Waals surface area contributed by atoms with E-state index in [4.69, 9.17) is 9.84 Å². The first kappa shape index (κ1) is 17.2. The van der Waals surface area contributed by atoms with Gasteiger partial charge in [0, 0.05) is 31.9 Å². The number of nitrogens with zero attached hydrogens (tertiary/aromatic N) is 1. The van der Waals surface area contributed by atoms with Crippen molar-refractivity contribution in [1.29, 1.82) is 0 Å². The maximum absolute atomic E-state index is 12.5. The van der Waals surface area contributed by atoms with Crippen molar-refractivity contribution in [3.05, 3.63) is 35.4 Å². The van der Waals surface area contributed by atoms with Crippen molar-refractivity contribution in [1.82, 2.24) is 4.90 Å². The highest BCUT2D eigenvalue weighted by molar-refractivity contribution is 5.94. The smallest absolute Gasteiger partial charge is 0.305 e. The molecule has 1 N–H and O–H groups in total. The summed E-state index contributed by atoms with van der Waals surface area (Å²) >= 11 is 0. The molecule has 0 atom stereocenters. The number of carboxylic acids is 1. The number of rotatable bonds is 9. The van der Waals surface area contributed by atoms with Crippen molar-refractivity contribution in [3.8, 4) is 0 Å². The van der Waals surface area contributed by atoms with Crippen molar-refractivity contribution in [2.75, 3.05) is 26.3 Å². The van der Waals surface area contributed by atoms with E-state index in [1.807, 2.05) is 32.0 Å². The zero-order chi connectivity index (χ0) is 15.7. The third-order valence-corrected chi connectivity index (χ3v) is 3.07. The van der Waals surface area contributed by atoms with Gasteiger partial charge in [-0.3, -0.25) is 9.59 Å². The average Bonchev–Trinajstić information content (AvgIpc) is 2.45. The van der Waals surface area contributed by atoms with E-state index in [1.165, 1.54) is 0 Å². The maximum atomic E-state index is 12.5. The molecule has 0 aliphatic heterocycles. The van der Waals surface area contributed by atoms with E-state index in [0.29, 0.717) is 31.7 Å². The molecule has 0 bridgehead atoms. The lowest BCUT2D eigenvalue weighted by Gasteiger charge is -2.22. The quantitative estimate of drug-likeness (QED) is 0.710. The summed E-state index contributed by atoms with van der Waals surface area (Å²) in [6, 6.07) is 7.33. The van der Waals surface area contributed by atoms with Gasteiger partial charge in [-0.15, -0.1) is 0 Å². The van der Waals surface area contributed by atoms with E-state index >= 15 is 0 Å². The van der Waals surface area contributed by atoms with Crippen LogP contribution in [-0.2, 0) is 9.53 Å². The number of carbonyl (C=O) groups is 2. The Morgan fingerprint density at radius 2 is 2.05 bits per heavy atom. The SMILES string of the molecule is CCOCCCN(CCC(=O)O)C(=O)c1cccc(C)c1. The van der Waals surface area contributed by atoms with Crippen LogP contribution in [0.2, 0.25) is 0 Å². The van der Waals surface area contributed by atoms with Crippen molar-refractivity contribution >= 4 is 11.9 Å². The molecule has 21 heavy (non-hydrogen) atoms. The molecule has 0 aromatic heterocycles. The number of carboxylic acid groups (broad SMARTS) is 1. The second kappa shape index (κ2) is 9.13. The molecular formula is C16H23NO4. The Labute approximate surface area is 125 Å². The molecular weight excluding hydrogens is 270 g/mol. The van der Waals surface area contributed by atoms with E-state index in [1.54, 1.807) is 11.0 Å². The number of amides is 1. The molecule has 1 aromatic carbocycles. The molecule has 1 aromatic rings. The Kier molecular flexibility index (Phi) is 7.46. The summed E-state index contributed by atoms with van der Waals surface area (Å²) in [5.41, 5.74) is 1.60. The zero-order valence-electron chi connectivity index (χ0n) is 12.7. The van der Waals surface area contributed by atoms with Gasteiger partial charge in [0.25, 0.3) is 5.91 Å². The van der Waals surface area contributed by atoms with Crippen molar-refractivity contribution in [2.45, 2.75) is 26.7 Å². The van der Waals surface area contributed by atoms with Crippen LogP contribution in [0, 0.1) is 6.92 Å². The second-order valence-electron chi connectivity index (χ2n) is 4.86. The third kappa shape index (κ3) is 6.40. The number of aliphatic carboxylic acids is 1. The summed E-state index contributed by atoms with van der Waals surface area (Å²) in [7, 11) is 0. The van der Waals surface area contributed by atoms with Gasteiger partial charge in [-0.1, -0.05) is 17.7 Å². The van der Waals surface area contributed by atoms with Gasteiger partial charge < -0.3 is 14.7 Å². The predicted octanol–water partition coefficient (Wildman–Crippen LogP) is 2.34. The Morgan fingerprint density at radius 1 is 1.29 bits per heavy atom. The van der Waals surface area contributed by atoms with Crippen LogP contribution in [0.4, 0.5) is 0 Å². The minimum atomic E-state index is -0.901. The fourth-order valence-corrected chi connectivity index (χ4v) is 2.01. The molecule has 0 aliphatic rings. The Bertz CT molecular complexity index is 473. The van der Waals surface area contributed by atoms with E-state index in [2.05, 4.69) is 0 Å². The summed E-state index contributed by atoms with van der Waals surface area (Å²) in [5.74, 6) is -1.03. The van der Waals surface area contributed by atoms with Crippen LogP contribution in [0.15, 0.2) is 24.3 Å². The van der Waals surface area contributed by atoms with Gasteiger partial charge in [0.05, 0.1) is 6.42 Å². The van der Waals surface area contributed by atoms with Crippen LogP contribution in [0.1, 0.15) is 35.7 Å². The molecule has 0 unspecified atom stereocenters. The van der Waals surface area contributed by atoms with E-state index in [0.717, 1.165) is 5.56 Å². The molecule has 0 saturated carbocycles. The fraction of sp³-hybridized carbons (Fsp3) is 0.500. The van der Waals surface area contributed by atoms with Gasteiger partial charge in [-0.05, 0) is 32.4 Å². The molecule has 1 amide bonds. The zero-order valence-corrected chi connectivity index (χ0v) is 12.7. The molecule has 116 valence electrons. The van der Waals surface area contributed by atoms with Gasteiger partial charge in [-0.25, -0.2) is 0 Å². The largest absolute Gasteiger partial charge is 0.481 e. The summed E-state index contributed by atoms with van der Waals surface area (Å²) < 4.78 is 5.26. The topological polar surface area (TPSA) is 66.8 Å². The highest BCUT2D eigenvalue weighted by Gasteiger charge is 2.16. The Hall–Kier alpha value is -1.88. The Morgan fingerprint density at radius 3 is 2.67 bits per heavy atom. The predicted molar refractivity (Wildman–Crippen MR) is 80.4 cm³/mol. The number of hydrogen-bond donors (Lipinski definition) is 1. The lowest BCUT2D eigenvalue weighted by atomic mass is 10.1. The molecule has 1 rings (SSSR count). The normalized spacial score (nSPS) is 10.4. The molecule has 5 heteroatoms. The summed E-state index contributed by atoms with van der Waals surface area (Å²) in [5, 5.41) is 8.81. The van der Waals surface area contributed by atoms with Gasteiger partial charge in [0.15, 0.2) is 0 Å².